The molecular formula is C19H14Cl2N4O3. The van der Waals surface area contributed by atoms with Gasteiger partial charge in [-0.3, -0.25) is 4.79 Å². The topological polar surface area (TPSA) is 111 Å². The number of carbonyl (C=O) groups excluding carboxylic acids is 1. The van der Waals surface area contributed by atoms with Gasteiger partial charge in [-0.05, 0) is 42.5 Å². The van der Waals surface area contributed by atoms with Gasteiger partial charge in [0.15, 0.2) is 0 Å². The Labute approximate surface area is 169 Å². The Morgan fingerprint density at radius 1 is 1.21 bits per heavy atom. The van der Waals surface area contributed by atoms with Crippen molar-refractivity contribution in [1.29, 1.82) is 0 Å². The Hall–Kier alpha value is -3.00. The second-order valence-electron chi connectivity index (χ2n) is 6.27. The minimum atomic E-state index is -1.16. The zero-order valence-corrected chi connectivity index (χ0v) is 15.8. The number of nitrogens with zero attached hydrogens (tertiary/aromatic N) is 1. The summed E-state index contributed by atoms with van der Waals surface area (Å²) in [6, 6.07) is 9.94. The number of rotatable bonds is 3. The SMILES string of the molecule is Nc1ccc(N2NC/C(=C\c3c(C(=O)O)[nH]c4cc(Cl)cc(Cl)c34)C2=O)cc1. The quantitative estimate of drug-likeness (QED) is 0.384. The molecule has 0 spiro atoms. The lowest BCUT2D eigenvalue weighted by Gasteiger charge is -2.15. The number of carboxylic acids is 1. The van der Waals surface area contributed by atoms with E-state index in [4.69, 9.17) is 28.9 Å². The fraction of sp³-hybridized carbons (Fsp3) is 0.0526. The molecule has 0 aliphatic carbocycles. The Balaban J connectivity index is 1.80. The highest BCUT2D eigenvalue weighted by atomic mass is 35.5. The summed E-state index contributed by atoms with van der Waals surface area (Å²) >= 11 is 12.3. The van der Waals surface area contributed by atoms with Crippen molar-refractivity contribution in [3.05, 3.63) is 63.3 Å². The number of amides is 1. The van der Waals surface area contributed by atoms with E-state index in [1.807, 2.05) is 0 Å². The molecule has 1 aliphatic rings. The van der Waals surface area contributed by atoms with Crippen LogP contribution in [0.4, 0.5) is 11.4 Å². The molecule has 0 bridgehead atoms. The van der Waals surface area contributed by atoms with E-state index in [9.17, 15) is 14.7 Å². The van der Waals surface area contributed by atoms with Crippen molar-refractivity contribution in [1.82, 2.24) is 10.4 Å². The van der Waals surface area contributed by atoms with Crippen LogP contribution in [0.5, 0.6) is 0 Å². The van der Waals surface area contributed by atoms with Crippen LogP contribution in [0, 0.1) is 0 Å². The number of hydrogen-bond acceptors (Lipinski definition) is 4. The smallest absolute Gasteiger partial charge is 0.352 e. The number of fused-ring (bicyclic) bond motifs is 1. The highest BCUT2D eigenvalue weighted by Crippen LogP contribution is 2.34. The number of aromatic nitrogens is 1. The van der Waals surface area contributed by atoms with Crippen LogP contribution in [-0.2, 0) is 4.79 Å². The average molecular weight is 417 g/mol. The van der Waals surface area contributed by atoms with Crippen molar-refractivity contribution in [2.24, 2.45) is 0 Å². The molecule has 9 heteroatoms. The number of hydrazine groups is 1. The van der Waals surface area contributed by atoms with Gasteiger partial charge in [-0.1, -0.05) is 23.2 Å². The van der Waals surface area contributed by atoms with Gasteiger partial charge in [-0.15, -0.1) is 0 Å². The summed E-state index contributed by atoms with van der Waals surface area (Å²) in [5, 5.41) is 12.1. The molecule has 0 saturated carbocycles. The minimum absolute atomic E-state index is 0.0644. The van der Waals surface area contributed by atoms with E-state index in [-0.39, 0.29) is 18.1 Å². The first-order valence-electron chi connectivity index (χ1n) is 8.23. The van der Waals surface area contributed by atoms with E-state index in [1.165, 1.54) is 17.2 Å². The molecule has 28 heavy (non-hydrogen) atoms. The number of carboxylic acid groups (broad SMARTS) is 1. The fourth-order valence-corrected chi connectivity index (χ4v) is 3.76. The van der Waals surface area contributed by atoms with Gasteiger partial charge >= 0.3 is 5.97 Å². The summed E-state index contributed by atoms with van der Waals surface area (Å²) in [4.78, 5) is 27.3. The third kappa shape index (κ3) is 3.09. The first-order valence-corrected chi connectivity index (χ1v) is 8.99. The predicted molar refractivity (Wildman–Crippen MR) is 110 cm³/mol. The minimum Gasteiger partial charge on any atom is -0.477 e. The first kappa shape index (κ1) is 18.4. The van der Waals surface area contributed by atoms with E-state index in [2.05, 4.69) is 10.4 Å². The molecule has 0 unspecified atom stereocenters. The third-order valence-corrected chi connectivity index (χ3v) is 4.96. The van der Waals surface area contributed by atoms with E-state index in [0.29, 0.717) is 43.5 Å². The standard InChI is InChI=1S/C19H14Cl2N4O3/c20-10-6-14(21)16-13(17(19(27)28)24-15(16)7-10)5-9-8-23-25(18(9)26)12-3-1-11(22)2-4-12/h1-7,23-24H,8,22H2,(H,27,28)/b9-5+. The maximum absolute atomic E-state index is 12.8. The van der Waals surface area contributed by atoms with Crippen LogP contribution in [0.2, 0.25) is 10.0 Å². The van der Waals surface area contributed by atoms with Gasteiger partial charge in [0, 0.05) is 39.3 Å². The molecule has 4 rings (SSSR count). The lowest BCUT2D eigenvalue weighted by molar-refractivity contribution is -0.114. The molecular weight excluding hydrogens is 403 g/mol. The van der Waals surface area contributed by atoms with E-state index in [1.54, 1.807) is 30.3 Å². The second kappa shape index (κ2) is 6.87. The molecule has 7 nitrogen and oxygen atoms in total. The largest absolute Gasteiger partial charge is 0.477 e. The molecule has 0 radical (unpaired) electrons. The van der Waals surface area contributed by atoms with Gasteiger partial charge < -0.3 is 15.8 Å². The van der Waals surface area contributed by atoms with Crippen molar-refractivity contribution in [3.8, 4) is 0 Å². The zero-order chi connectivity index (χ0) is 20.0. The molecule has 1 saturated heterocycles. The molecule has 142 valence electrons. The number of halogens is 2. The van der Waals surface area contributed by atoms with E-state index in [0.717, 1.165) is 0 Å². The monoisotopic (exact) mass is 416 g/mol. The molecule has 2 aromatic carbocycles. The van der Waals surface area contributed by atoms with Crippen LogP contribution in [0.25, 0.3) is 17.0 Å². The van der Waals surface area contributed by atoms with Crippen molar-refractivity contribution in [3.63, 3.8) is 0 Å². The Bertz CT molecular complexity index is 1150. The summed E-state index contributed by atoms with van der Waals surface area (Å²) in [6.45, 7) is 0.236. The van der Waals surface area contributed by atoms with Crippen molar-refractivity contribution in [2.45, 2.75) is 0 Å². The van der Waals surface area contributed by atoms with E-state index < -0.39 is 5.97 Å². The van der Waals surface area contributed by atoms with Gasteiger partial charge in [0.1, 0.15) is 5.69 Å². The Kier molecular flexibility index (Phi) is 4.50. The van der Waals surface area contributed by atoms with Crippen LogP contribution in [0.3, 0.4) is 0 Å². The highest BCUT2D eigenvalue weighted by molar-refractivity contribution is 6.39. The summed E-state index contributed by atoms with van der Waals surface area (Å²) in [7, 11) is 0. The number of carbonyl (C=O) groups is 2. The molecule has 1 aliphatic heterocycles. The fourth-order valence-electron chi connectivity index (χ4n) is 3.16. The van der Waals surface area contributed by atoms with Gasteiger partial charge in [0.2, 0.25) is 0 Å². The maximum Gasteiger partial charge on any atom is 0.352 e. The molecule has 3 aromatic rings. The van der Waals surface area contributed by atoms with Crippen molar-refractivity contribution in [2.75, 3.05) is 17.3 Å². The number of aromatic carboxylic acids is 1. The maximum atomic E-state index is 12.8. The Morgan fingerprint density at radius 2 is 1.93 bits per heavy atom. The number of H-pyrrole nitrogens is 1. The Morgan fingerprint density at radius 3 is 2.61 bits per heavy atom. The van der Waals surface area contributed by atoms with Crippen molar-refractivity contribution < 1.29 is 14.7 Å². The highest BCUT2D eigenvalue weighted by Gasteiger charge is 2.28. The van der Waals surface area contributed by atoms with Crippen LogP contribution >= 0.6 is 23.2 Å². The number of benzene rings is 2. The summed E-state index contributed by atoms with van der Waals surface area (Å²) < 4.78 is 0. The molecule has 2 heterocycles. The molecule has 1 amide bonds. The summed E-state index contributed by atoms with van der Waals surface area (Å²) in [5.74, 6) is -1.45. The zero-order valence-electron chi connectivity index (χ0n) is 14.3. The molecule has 1 aromatic heterocycles. The second-order valence-corrected chi connectivity index (χ2v) is 7.11. The average Bonchev–Trinajstić information content (AvgIpc) is 3.18. The van der Waals surface area contributed by atoms with Crippen LogP contribution in [-0.4, -0.2) is 28.5 Å². The van der Waals surface area contributed by atoms with Gasteiger partial charge in [-0.25, -0.2) is 15.2 Å². The molecule has 0 atom stereocenters. The number of nitrogen functional groups attached to an aromatic ring is 1. The number of nitrogens with one attached hydrogen (secondary N) is 2. The number of aromatic amines is 1. The lowest BCUT2D eigenvalue weighted by atomic mass is 10.1. The van der Waals surface area contributed by atoms with Crippen LogP contribution in [0.1, 0.15) is 16.1 Å². The van der Waals surface area contributed by atoms with Gasteiger partial charge in [-0.2, -0.15) is 0 Å². The first-order chi connectivity index (χ1) is 13.3. The number of hydrogen-bond donors (Lipinski definition) is 4. The van der Waals surface area contributed by atoms with Gasteiger partial charge in [0.05, 0.1) is 10.7 Å². The summed E-state index contributed by atoms with van der Waals surface area (Å²) in [5.41, 5.74) is 11.0. The molecule has 5 N–H and O–H groups in total. The van der Waals surface area contributed by atoms with Gasteiger partial charge in [0.25, 0.3) is 5.91 Å². The molecule has 1 fully saturated rings. The normalized spacial score (nSPS) is 15.7. The third-order valence-electron chi connectivity index (χ3n) is 4.44. The van der Waals surface area contributed by atoms with Crippen molar-refractivity contribution >= 4 is 63.4 Å². The summed E-state index contributed by atoms with van der Waals surface area (Å²) in [6.07, 6.45) is 1.54. The predicted octanol–water partition coefficient (Wildman–Crippen LogP) is 3.69. The lowest BCUT2D eigenvalue weighted by Crippen LogP contribution is -2.34. The number of anilines is 2. The van der Waals surface area contributed by atoms with Crippen LogP contribution in [0.15, 0.2) is 42.0 Å². The van der Waals surface area contributed by atoms with Crippen LogP contribution < -0.4 is 16.2 Å². The van der Waals surface area contributed by atoms with E-state index >= 15 is 0 Å². The number of nitrogens with two attached hydrogens (primary N) is 1.